The smallest absolute Gasteiger partial charge is 0.323 e. The standard InChI is InChI=1S/C14H16N2O5S/c15-10-5-6-12(9-4-2-1-3-8(9)10)22(20,21)7-11(17)13(16)14(18)19/h1-6,11,13,17H,7,15-16H2,(H,18,19)/t11-,13+/m1/s1. The minimum absolute atomic E-state index is 0.0195. The maximum absolute atomic E-state index is 12.4. The van der Waals surface area contributed by atoms with Crippen molar-refractivity contribution in [1.82, 2.24) is 0 Å². The number of sulfone groups is 1. The molecule has 0 amide bonds. The summed E-state index contributed by atoms with van der Waals surface area (Å²) in [6.45, 7) is 0. The zero-order valence-corrected chi connectivity index (χ0v) is 12.3. The third-order valence-corrected chi connectivity index (χ3v) is 5.15. The summed E-state index contributed by atoms with van der Waals surface area (Å²) in [6.07, 6.45) is -1.71. The van der Waals surface area contributed by atoms with Crippen LogP contribution in [-0.4, -0.2) is 42.5 Å². The fraction of sp³-hybridized carbons (Fsp3) is 0.214. The number of aliphatic hydroxyl groups is 1. The molecule has 22 heavy (non-hydrogen) atoms. The summed E-state index contributed by atoms with van der Waals surface area (Å²) < 4.78 is 24.9. The van der Waals surface area contributed by atoms with Gasteiger partial charge in [0.05, 0.1) is 16.8 Å². The van der Waals surface area contributed by atoms with Crippen LogP contribution in [0.3, 0.4) is 0 Å². The van der Waals surface area contributed by atoms with Crippen LogP contribution in [0.2, 0.25) is 0 Å². The maximum Gasteiger partial charge on any atom is 0.323 e. The van der Waals surface area contributed by atoms with Gasteiger partial charge in [-0.15, -0.1) is 0 Å². The maximum atomic E-state index is 12.4. The van der Waals surface area contributed by atoms with Crippen molar-refractivity contribution in [2.24, 2.45) is 5.73 Å². The molecule has 2 rings (SSSR count). The zero-order valence-electron chi connectivity index (χ0n) is 11.5. The molecule has 0 aliphatic heterocycles. The Labute approximate surface area is 127 Å². The molecule has 0 heterocycles. The van der Waals surface area contributed by atoms with Gasteiger partial charge in [0, 0.05) is 16.5 Å². The predicted molar refractivity (Wildman–Crippen MR) is 82.0 cm³/mol. The first-order valence-corrected chi connectivity index (χ1v) is 8.05. The molecule has 0 fully saturated rings. The number of carboxylic acids is 1. The van der Waals surface area contributed by atoms with Crippen molar-refractivity contribution < 1.29 is 23.4 Å². The number of nitrogens with two attached hydrogens (primary N) is 2. The van der Waals surface area contributed by atoms with Crippen molar-refractivity contribution >= 4 is 32.3 Å². The van der Waals surface area contributed by atoms with Gasteiger partial charge in [0.1, 0.15) is 6.04 Å². The average molecular weight is 324 g/mol. The Hall–Kier alpha value is -2.16. The van der Waals surface area contributed by atoms with Gasteiger partial charge in [0.15, 0.2) is 9.84 Å². The molecule has 0 saturated carbocycles. The van der Waals surface area contributed by atoms with Gasteiger partial charge in [0.2, 0.25) is 0 Å². The second kappa shape index (κ2) is 5.91. The molecule has 2 atom stereocenters. The van der Waals surface area contributed by atoms with Crippen LogP contribution in [0.5, 0.6) is 0 Å². The molecule has 0 aliphatic carbocycles. The number of hydrogen-bond donors (Lipinski definition) is 4. The van der Waals surface area contributed by atoms with E-state index in [4.69, 9.17) is 16.6 Å². The van der Waals surface area contributed by atoms with E-state index < -0.39 is 33.7 Å². The summed E-state index contributed by atoms with van der Waals surface area (Å²) >= 11 is 0. The summed E-state index contributed by atoms with van der Waals surface area (Å²) in [4.78, 5) is 10.7. The van der Waals surface area contributed by atoms with Gasteiger partial charge in [-0.1, -0.05) is 24.3 Å². The van der Waals surface area contributed by atoms with E-state index in [1.54, 1.807) is 24.3 Å². The molecule has 7 nitrogen and oxygen atoms in total. The van der Waals surface area contributed by atoms with Crippen LogP contribution in [0.15, 0.2) is 41.3 Å². The lowest BCUT2D eigenvalue weighted by Gasteiger charge is -2.16. The summed E-state index contributed by atoms with van der Waals surface area (Å²) in [5, 5.41) is 19.4. The molecule has 0 bridgehead atoms. The molecular weight excluding hydrogens is 308 g/mol. The molecule has 2 aromatic rings. The van der Waals surface area contributed by atoms with E-state index in [-0.39, 0.29) is 4.90 Å². The molecule has 0 saturated heterocycles. The highest BCUT2D eigenvalue weighted by Crippen LogP contribution is 2.28. The molecule has 2 aromatic carbocycles. The number of anilines is 1. The van der Waals surface area contributed by atoms with Crippen LogP contribution >= 0.6 is 0 Å². The van der Waals surface area contributed by atoms with Crippen molar-refractivity contribution in [2.45, 2.75) is 17.0 Å². The lowest BCUT2D eigenvalue weighted by atomic mass is 10.1. The van der Waals surface area contributed by atoms with Crippen LogP contribution in [0.25, 0.3) is 10.8 Å². The van der Waals surface area contributed by atoms with Gasteiger partial charge in [-0.25, -0.2) is 8.42 Å². The lowest BCUT2D eigenvalue weighted by Crippen LogP contribution is -2.45. The number of benzene rings is 2. The molecule has 0 radical (unpaired) electrons. The highest BCUT2D eigenvalue weighted by molar-refractivity contribution is 7.91. The lowest BCUT2D eigenvalue weighted by molar-refractivity contribution is -0.140. The second-order valence-electron chi connectivity index (χ2n) is 4.91. The van der Waals surface area contributed by atoms with Crippen molar-refractivity contribution in [2.75, 3.05) is 11.5 Å². The van der Waals surface area contributed by atoms with Gasteiger partial charge < -0.3 is 21.7 Å². The van der Waals surface area contributed by atoms with Crippen LogP contribution < -0.4 is 11.5 Å². The van der Waals surface area contributed by atoms with Crippen molar-refractivity contribution in [1.29, 1.82) is 0 Å². The van der Waals surface area contributed by atoms with Gasteiger partial charge in [-0.3, -0.25) is 4.79 Å². The van der Waals surface area contributed by atoms with Crippen molar-refractivity contribution in [3.05, 3.63) is 36.4 Å². The Morgan fingerprint density at radius 2 is 1.73 bits per heavy atom. The SMILES string of the molecule is Nc1ccc(S(=O)(=O)C[C@@H](O)[C@H](N)C(=O)O)c2ccccc12. The highest BCUT2D eigenvalue weighted by Gasteiger charge is 2.29. The highest BCUT2D eigenvalue weighted by atomic mass is 32.2. The molecule has 8 heteroatoms. The number of hydrogen-bond acceptors (Lipinski definition) is 6. The summed E-state index contributed by atoms with van der Waals surface area (Å²) in [5.41, 5.74) is 11.5. The summed E-state index contributed by atoms with van der Waals surface area (Å²) in [7, 11) is -3.93. The van der Waals surface area contributed by atoms with E-state index in [1.807, 2.05) is 0 Å². The molecule has 0 aliphatic rings. The van der Waals surface area contributed by atoms with Crippen molar-refractivity contribution in [3.63, 3.8) is 0 Å². The quantitative estimate of drug-likeness (QED) is 0.565. The first-order valence-electron chi connectivity index (χ1n) is 6.40. The molecule has 0 unspecified atom stereocenters. The Morgan fingerprint density at radius 1 is 1.14 bits per heavy atom. The van der Waals surface area contributed by atoms with Crippen LogP contribution in [0.1, 0.15) is 0 Å². The minimum Gasteiger partial charge on any atom is -0.480 e. The van der Waals surface area contributed by atoms with Gasteiger partial charge in [-0.2, -0.15) is 0 Å². The molecule has 0 spiro atoms. The average Bonchev–Trinajstić information content (AvgIpc) is 2.46. The topological polar surface area (TPSA) is 144 Å². The van der Waals surface area contributed by atoms with Crippen LogP contribution in [0, 0.1) is 0 Å². The Kier molecular flexibility index (Phi) is 4.36. The fourth-order valence-electron chi connectivity index (χ4n) is 2.15. The molecule has 118 valence electrons. The largest absolute Gasteiger partial charge is 0.480 e. The second-order valence-corrected chi connectivity index (χ2v) is 6.91. The monoisotopic (exact) mass is 324 g/mol. The minimum atomic E-state index is -3.93. The van der Waals surface area contributed by atoms with E-state index >= 15 is 0 Å². The Balaban J connectivity index is 2.47. The Morgan fingerprint density at radius 3 is 2.32 bits per heavy atom. The summed E-state index contributed by atoms with van der Waals surface area (Å²) in [5.74, 6) is -2.25. The first-order chi connectivity index (χ1) is 10.2. The van der Waals surface area contributed by atoms with E-state index in [1.165, 1.54) is 12.1 Å². The van der Waals surface area contributed by atoms with E-state index in [0.29, 0.717) is 16.5 Å². The van der Waals surface area contributed by atoms with Gasteiger partial charge >= 0.3 is 5.97 Å². The van der Waals surface area contributed by atoms with E-state index in [2.05, 4.69) is 0 Å². The number of aliphatic carboxylic acids is 1. The number of rotatable bonds is 5. The first kappa shape index (κ1) is 16.2. The number of nitrogen functional groups attached to an aromatic ring is 1. The third kappa shape index (κ3) is 3.03. The van der Waals surface area contributed by atoms with E-state index in [9.17, 15) is 18.3 Å². The number of aliphatic hydroxyl groups excluding tert-OH is 1. The third-order valence-electron chi connectivity index (χ3n) is 3.34. The van der Waals surface area contributed by atoms with Crippen molar-refractivity contribution in [3.8, 4) is 0 Å². The predicted octanol–water partition coefficient (Wildman–Crippen LogP) is -0.0315. The van der Waals surface area contributed by atoms with Gasteiger partial charge in [0.25, 0.3) is 0 Å². The Bertz CT molecular complexity index is 819. The molecule has 6 N–H and O–H groups in total. The molecular formula is C14H16N2O5S. The number of fused-ring (bicyclic) bond motifs is 1. The number of carboxylic acid groups (broad SMARTS) is 1. The van der Waals surface area contributed by atoms with Crippen LogP contribution in [0.4, 0.5) is 5.69 Å². The normalized spacial score (nSPS) is 14.6. The fourth-order valence-corrected chi connectivity index (χ4v) is 3.77. The summed E-state index contributed by atoms with van der Waals surface area (Å²) in [6, 6.07) is 7.80. The van der Waals surface area contributed by atoms with Gasteiger partial charge in [-0.05, 0) is 12.1 Å². The van der Waals surface area contributed by atoms with Crippen LogP contribution in [-0.2, 0) is 14.6 Å². The van der Waals surface area contributed by atoms with E-state index in [0.717, 1.165) is 0 Å². The number of carbonyl (C=O) groups is 1. The molecule has 0 aromatic heterocycles. The zero-order chi connectivity index (χ0) is 16.5.